The molecule has 162 valence electrons. The second-order valence-electron chi connectivity index (χ2n) is 7.98. The number of carbonyl (C=O) groups is 2. The molecule has 2 aliphatic heterocycles. The zero-order chi connectivity index (χ0) is 22.0. The Hall–Kier alpha value is -3.19. The van der Waals surface area contributed by atoms with Gasteiger partial charge in [-0.25, -0.2) is 9.29 Å². The minimum atomic E-state index is -0.508. The van der Waals surface area contributed by atoms with Crippen LogP contribution < -0.4 is 9.64 Å². The van der Waals surface area contributed by atoms with Crippen LogP contribution in [0.4, 0.5) is 10.1 Å². The van der Waals surface area contributed by atoms with E-state index in [2.05, 4.69) is 13.8 Å². The van der Waals surface area contributed by atoms with Gasteiger partial charge in [0.25, 0.3) is 11.8 Å². The lowest BCUT2D eigenvalue weighted by molar-refractivity contribution is -0.121. The highest BCUT2D eigenvalue weighted by Crippen LogP contribution is 2.35. The largest absolute Gasteiger partial charge is 0.493 e. The van der Waals surface area contributed by atoms with Gasteiger partial charge in [0, 0.05) is 13.1 Å². The van der Waals surface area contributed by atoms with Crippen molar-refractivity contribution in [3.63, 3.8) is 0 Å². The van der Waals surface area contributed by atoms with E-state index in [9.17, 15) is 14.0 Å². The Bertz CT molecular complexity index is 1010. The molecular weight excluding hydrogens is 399 g/mol. The van der Waals surface area contributed by atoms with Gasteiger partial charge in [0.1, 0.15) is 17.3 Å². The first-order valence-corrected chi connectivity index (χ1v) is 10.4. The minimum Gasteiger partial charge on any atom is -0.493 e. The van der Waals surface area contributed by atoms with Crippen LogP contribution in [0.3, 0.4) is 0 Å². The van der Waals surface area contributed by atoms with Gasteiger partial charge in [-0.1, -0.05) is 32.0 Å². The average molecular weight is 424 g/mol. The smallest absolute Gasteiger partial charge is 0.282 e. The average Bonchev–Trinajstić information content (AvgIpc) is 3.03. The van der Waals surface area contributed by atoms with Gasteiger partial charge in [-0.2, -0.15) is 0 Å². The summed E-state index contributed by atoms with van der Waals surface area (Å²) in [5, 5.41) is 0. The fraction of sp³-hybridized carbons (Fsp3) is 0.333. The molecule has 2 aromatic carbocycles. The number of halogens is 1. The summed E-state index contributed by atoms with van der Waals surface area (Å²) in [4.78, 5) is 29.7. The number of hydrogen-bond acceptors (Lipinski definition) is 5. The summed E-state index contributed by atoms with van der Waals surface area (Å²) in [5.41, 5.74) is 1.48. The molecule has 0 unspecified atom stereocenters. The second-order valence-corrected chi connectivity index (χ2v) is 7.98. The summed E-state index contributed by atoms with van der Waals surface area (Å²) in [5.74, 6) is -0.333. The second kappa shape index (κ2) is 8.89. The van der Waals surface area contributed by atoms with Crippen LogP contribution in [0.2, 0.25) is 0 Å². The van der Waals surface area contributed by atoms with E-state index in [1.807, 2.05) is 4.90 Å². The molecule has 0 atom stereocenters. The summed E-state index contributed by atoms with van der Waals surface area (Å²) < 4.78 is 25.0. The lowest BCUT2D eigenvalue weighted by Gasteiger charge is -2.29. The number of amides is 2. The fourth-order valence-electron chi connectivity index (χ4n) is 3.69. The lowest BCUT2D eigenvalue weighted by atomic mass is 10.0. The van der Waals surface area contributed by atoms with Crippen LogP contribution >= 0.6 is 0 Å². The molecule has 0 aliphatic carbocycles. The number of nitrogens with zero attached hydrogens (tertiary/aromatic N) is 2. The maximum absolute atomic E-state index is 13.8. The van der Waals surface area contributed by atoms with Crippen LogP contribution in [0.5, 0.6) is 5.75 Å². The van der Waals surface area contributed by atoms with Crippen LogP contribution in [0.15, 0.2) is 54.2 Å². The maximum atomic E-state index is 13.8. The van der Waals surface area contributed by atoms with Crippen molar-refractivity contribution in [2.24, 2.45) is 5.92 Å². The third kappa shape index (κ3) is 4.32. The third-order valence-electron chi connectivity index (χ3n) is 5.18. The topological polar surface area (TPSA) is 59.1 Å². The van der Waals surface area contributed by atoms with Crippen molar-refractivity contribution in [1.82, 2.24) is 4.90 Å². The van der Waals surface area contributed by atoms with Gasteiger partial charge in [-0.05, 0) is 41.8 Å². The normalized spacial score (nSPS) is 17.2. The molecule has 0 saturated carbocycles. The van der Waals surface area contributed by atoms with Crippen molar-refractivity contribution >= 4 is 23.1 Å². The van der Waals surface area contributed by atoms with Crippen LogP contribution in [-0.2, 0) is 14.3 Å². The third-order valence-corrected chi connectivity index (χ3v) is 5.18. The molecule has 0 radical (unpaired) electrons. The zero-order valence-electron chi connectivity index (χ0n) is 17.6. The summed E-state index contributed by atoms with van der Waals surface area (Å²) in [7, 11) is 0. The Labute approximate surface area is 180 Å². The molecule has 2 heterocycles. The van der Waals surface area contributed by atoms with E-state index < -0.39 is 17.6 Å². The van der Waals surface area contributed by atoms with Gasteiger partial charge in [0.2, 0.25) is 0 Å². The van der Waals surface area contributed by atoms with E-state index in [1.165, 1.54) is 18.2 Å². The highest BCUT2D eigenvalue weighted by atomic mass is 19.1. The van der Waals surface area contributed by atoms with Crippen molar-refractivity contribution < 1.29 is 23.5 Å². The Balaban J connectivity index is 1.72. The lowest BCUT2D eigenvalue weighted by Crippen LogP contribution is -2.40. The summed E-state index contributed by atoms with van der Waals surface area (Å²) in [6.07, 6.45) is 0. The van der Waals surface area contributed by atoms with Crippen molar-refractivity contribution in [2.45, 2.75) is 13.8 Å². The highest BCUT2D eigenvalue weighted by Gasteiger charge is 2.42. The van der Waals surface area contributed by atoms with Gasteiger partial charge < -0.3 is 14.4 Å². The number of ether oxygens (including phenoxy) is 2. The number of imide groups is 1. The van der Waals surface area contributed by atoms with Crippen molar-refractivity contribution in [3.05, 3.63) is 65.6 Å². The highest BCUT2D eigenvalue weighted by molar-refractivity contribution is 6.45. The fourth-order valence-corrected chi connectivity index (χ4v) is 3.69. The first kappa shape index (κ1) is 21.1. The van der Waals surface area contributed by atoms with Crippen LogP contribution in [-0.4, -0.2) is 49.6 Å². The van der Waals surface area contributed by atoms with E-state index in [0.717, 1.165) is 4.90 Å². The Kier molecular flexibility index (Phi) is 6.04. The van der Waals surface area contributed by atoms with E-state index in [-0.39, 0.29) is 5.69 Å². The SMILES string of the molecule is CC(C)COc1ccc(C2=C(N3CCOCC3)C(=O)N(c3cccc(F)c3)C2=O)cc1. The molecule has 1 fully saturated rings. The molecule has 7 heteroatoms. The zero-order valence-corrected chi connectivity index (χ0v) is 17.6. The summed E-state index contributed by atoms with van der Waals surface area (Å²) in [6.45, 7) is 6.68. The summed E-state index contributed by atoms with van der Waals surface area (Å²) >= 11 is 0. The number of carbonyl (C=O) groups excluding carboxylic acids is 2. The van der Waals surface area contributed by atoms with Gasteiger partial charge in [0.15, 0.2) is 0 Å². The van der Waals surface area contributed by atoms with E-state index in [1.54, 1.807) is 30.3 Å². The number of morpholine rings is 1. The monoisotopic (exact) mass is 424 g/mol. The number of hydrogen-bond donors (Lipinski definition) is 0. The maximum Gasteiger partial charge on any atom is 0.282 e. The van der Waals surface area contributed by atoms with Crippen molar-refractivity contribution in [1.29, 1.82) is 0 Å². The molecule has 4 rings (SSSR count). The molecule has 0 spiro atoms. The molecule has 1 saturated heterocycles. The predicted molar refractivity (Wildman–Crippen MR) is 115 cm³/mol. The van der Waals surface area contributed by atoms with Crippen molar-refractivity contribution in [2.75, 3.05) is 37.8 Å². The molecular formula is C24H25FN2O4. The molecule has 6 nitrogen and oxygen atoms in total. The molecule has 0 bridgehead atoms. The number of rotatable bonds is 6. The Morgan fingerprint density at radius 1 is 1.03 bits per heavy atom. The molecule has 0 N–H and O–H groups in total. The van der Waals surface area contributed by atoms with Crippen molar-refractivity contribution in [3.8, 4) is 5.75 Å². The predicted octanol–water partition coefficient (Wildman–Crippen LogP) is 3.48. The first-order valence-electron chi connectivity index (χ1n) is 10.4. The molecule has 0 aromatic heterocycles. The van der Waals surface area contributed by atoms with Gasteiger partial charge in [-0.15, -0.1) is 0 Å². The van der Waals surface area contributed by atoms with E-state index in [4.69, 9.17) is 9.47 Å². The van der Waals surface area contributed by atoms with Crippen LogP contribution in [0, 0.1) is 11.7 Å². The minimum absolute atomic E-state index is 0.215. The Morgan fingerprint density at radius 2 is 1.74 bits per heavy atom. The van der Waals surface area contributed by atoms with Crippen LogP contribution in [0.1, 0.15) is 19.4 Å². The van der Waals surface area contributed by atoms with Crippen LogP contribution in [0.25, 0.3) is 5.57 Å². The first-order chi connectivity index (χ1) is 15.0. The standard InChI is InChI=1S/C24H25FN2O4/c1-16(2)15-31-20-8-6-17(7-9-20)21-22(26-10-12-30-13-11-26)24(29)27(23(21)28)19-5-3-4-18(25)14-19/h3-9,14,16H,10-13,15H2,1-2H3. The molecule has 2 aromatic rings. The number of benzene rings is 2. The molecule has 31 heavy (non-hydrogen) atoms. The van der Waals surface area contributed by atoms with E-state index in [0.29, 0.717) is 61.4 Å². The Morgan fingerprint density at radius 3 is 2.39 bits per heavy atom. The summed E-state index contributed by atoms with van der Waals surface area (Å²) in [6, 6.07) is 12.7. The van der Waals surface area contributed by atoms with E-state index >= 15 is 0 Å². The quantitative estimate of drug-likeness (QED) is 0.665. The van der Waals surface area contributed by atoms with Gasteiger partial charge in [-0.3, -0.25) is 9.59 Å². The van der Waals surface area contributed by atoms with Gasteiger partial charge in [0.05, 0.1) is 31.1 Å². The molecule has 2 amide bonds. The molecule has 2 aliphatic rings. The number of anilines is 1. The van der Waals surface area contributed by atoms with Gasteiger partial charge >= 0.3 is 0 Å².